The van der Waals surface area contributed by atoms with E-state index < -0.39 is 6.04 Å². The molecule has 0 bridgehead atoms. The van der Waals surface area contributed by atoms with Crippen LogP contribution in [0.15, 0.2) is 48.5 Å². The van der Waals surface area contributed by atoms with Crippen LogP contribution in [0.4, 0.5) is 5.13 Å². The van der Waals surface area contributed by atoms with E-state index in [-0.39, 0.29) is 17.7 Å². The zero-order valence-electron chi connectivity index (χ0n) is 17.3. The molecule has 0 spiro atoms. The van der Waals surface area contributed by atoms with Gasteiger partial charge in [0, 0.05) is 5.56 Å². The minimum Gasteiger partial charge on any atom is -0.496 e. The lowest BCUT2D eigenvalue weighted by molar-refractivity contribution is -0.118. The summed E-state index contributed by atoms with van der Waals surface area (Å²) in [7, 11) is 1.50. The van der Waals surface area contributed by atoms with Crippen molar-refractivity contribution in [1.82, 2.24) is 15.5 Å². The van der Waals surface area contributed by atoms with E-state index in [0.29, 0.717) is 21.5 Å². The van der Waals surface area contributed by atoms with Crippen LogP contribution in [0, 0.1) is 12.8 Å². The highest BCUT2D eigenvalue weighted by atomic mass is 32.1. The number of ether oxygens (including phenoxy) is 1. The summed E-state index contributed by atoms with van der Waals surface area (Å²) in [5.74, 6) is -0.406. The van der Waals surface area contributed by atoms with Crippen LogP contribution in [0.5, 0.6) is 5.75 Å². The highest BCUT2D eigenvalue weighted by Gasteiger charge is 2.26. The highest BCUT2D eigenvalue weighted by molar-refractivity contribution is 7.18. The predicted molar refractivity (Wildman–Crippen MR) is 118 cm³/mol. The van der Waals surface area contributed by atoms with E-state index in [2.05, 4.69) is 20.8 Å². The minimum atomic E-state index is -0.742. The molecule has 3 rings (SSSR count). The van der Waals surface area contributed by atoms with Gasteiger partial charge in [0.15, 0.2) is 0 Å². The molecule has 1 atom stereocenters. The van der Waals surface area contributed by atoms with Crippen LogP contribution in [-0.4, -0.2) is 35.2 Å². The van der Waals surface area contributed by atoms with E-state index in [1.807, 2.05) is 45.0 Å². The molecule has 2 amide bonds. The van der Waals surface area contributed by atoms with Gasteiger partial charge < -0.3 is 10.1 Å². The quantitative estimate of drug-likeness (QED) is 0.600. The van der Waals surface area contributed by atoms with E-state index in [9.17, 15) is 9.59 Å². The Kier molecular flexibility index (Phi) is 6.79. The number of amides is 2. The molecule has 0 aliphatic carbocycles. The molecule has 0 fully saturated rings. The Morgan fingerprint density at radius 2 is 1.73 bits per heavy atom. The molecular formula is C22H24N4O3S. The van der Waals surface area contributed by atoms with Crippen molar-refractivity contribution >= 4 is 28.3 Å². The van der Waals surface area contributed by atoms with Gasteiger partial charge in [-0.25, -0.2) is 0 Å². The number of rotatable bonds is 7. The number of nitrogens with one attached hydrogen (secondary N) is 2. The normalized spacial score (nSPS) is 11.8. The molecule has 8 heteroatoms. The molecule has 2 aromatic carbocycles. The molecule has 1 unspecified atom stereocenters. The molecule has 1 aromatic heterocycles. The summed E-state index contributed by atoms with van der Waals surface area (Å²) < 4.78 is 5.24. The molecule has 0 radical (unpaired) electrons. The van der Waals surface area contributed by atoms with Crippen LogP contribution in [0.2, 0.25) is 0 Å². The number of anilines is 1. The number of carbonyl (C=O) groups excluding carboxylic acids is 2. The van der Waals surface area contributed by atoms with Crippen molar-refractivity contribution < 1.29 is 14.3 Å². The number of carbonyl (C=O) groups is 2. The molecule has 156 valence electrons. The van der Waals surface area contributed by atoms with E-state index >= 15 is 0 Å². The van der Waals surface area contributed by atoms with Crippen molar-refractivity contribution in [3.63, 3.8) is 0 Å². The first-order valence-corrected chi connectivity index (χ1v) is 10.4. The summed E-state index contributed by atoms with van der Waals surface area (Å²) in [5.41, 5.74) is 2.46. The topological polar surface area (TPSA) is 93.2 Å². The lowest BCUT2D eigenvalue weighted by Gasteiger charge is -2.21. The molecule has 3 aromatic rings. The van der Waals surface area contributed by atoms with Gasteiger partial charge in [-0.1, -0.05) is 67.1 Å². The van der Waals surface area contributed by atoms with Crippen LogP contribution < -0.4 is 15.4 Å². The number of para-hydroxylation sites is 1. The summed E-state index contributed by atoms with van der Waals surface area (Å²) in [6.45, 7) is 5.75. The van der Waals surface area contributed by atoms with Crippen molar-refractivity contribution in [3.8, 4) is 16.3 Å². The number of nitrogens with zero attached hydrogens (tertiary/aromatic N) is 2. The van der Waals surface area contributed by atoms with Gasteiger partial charge in [0.05, 0.1) is 12.7 Å². The zero-order chi connectivity index (χ0) is 21.7. The number of hydrogen-bond donors (Lipinski definition) is 2. The maximum Gasteiger partial charge on any atom is 0.255 e. The van der Waals surface area contributed by atoms with E-state index in [4.69, 9.17) is 4.74 Å². The molecule has 2 N–H and O–H groups in total. The van der Waals surface area contributed by atoms with Crippen LogP contribution in [0.1, 0.15) is 29.8 Å². The van der Waals surface area contributed by atoms with Crippen molar-refractivity contribution in [2.24, 2.45) is 5.92 Å². The molecule has 0 saturated heterocycles. The number of methoxy groups -OCH3 is 1. The fraction of sp³-hybridized carbons (Fsp3) is 0.273. The Hall–Kier alpha value is -3.26. The van der Waals surface area contributed by atoms with Gasteiger partial charge in [-0.05, 0) is 25.0 Å². The van der Waals surface area contributed by atoms with Gasteiger partial charge >= 0.3 is 0 Å². The fourth-order valence-electron chi connectivity index (χ4n) is 2.86. The third-order valence-corrected chi connectivity index (χ3v) is 5.43. The fourth-order valence-corrected chi connectivity index (χ4v) is 3.61. The molecule has 7 nitrogen and oxygen atoms in total. The Morgan fingerprint density at radius 1 is 1.03 bits per heavy atom. The summed E-state index contributed by atoms with van der Waals surface area (Å²) in [6, 6.07) is 14.1. The average Bonchev–Trinajstić information content (AvgIpc) is 3.20. The monoisotopic (exact) mass is 424 g/mol. The van der Waals surface area contributed by atoms with Crippen molar-refractivity contribution in [3.05, 3.63) is 59.7 Å². The van der Waals surface area contributed by atoms with Crippen LogP contribution in [0.3, 0.4) is 0 Å². The first-order valence-electron chi connectivity index (χ1n) is 9.54. The lowest BCUT2D eigenvalue weighted by Crippen LogP contribution is -2.47. The zero-order valence-corrected chi connectivity index (χ0v) is 18.1. The van der Waals surface area contributed by atoms with E-state index in [0.717, 1.165) is 11.1 Å². The third-order valence-electron chi connectivity index (χ3n) is 4.54. The second kappa shape index (κ2) is 9.49. The molecular weight excluding hydrogens is 400 g/mol. The van der Waals surface area contributed by atoms with Gasteiger partial charge in [0.1, 0.15) is 16.8 Å². The maximum absolute atomic E-state index is 12.8. The Balaban J connectivity index is 1.72. The van der Waals surface area contributed by atoms with Crippen molar-refractivity contribution in [1.29, 1.82) is 0 Å². The number of aryl methyl sites for hydroxylation is 1. The first-order chi connectivity index (χ1) is 14.4. The van der Waals surface area contributed by atoms with Crippen molar-refractivity contribution in [2.45, 2.75) is 26.8 Å². The number of hydrogen-bond acceptors (Lipinski definition) is 6. The van der Waals surface area contributed by atoms with Gasteiger partial charge in [-0.3, -0.25) is 14.9 Å². The van der Waals surface area contributed by atoms with Gasteiger partial charge in [0.25, 0.3) is 5.91 Å². The SMILES string of the molecule is COc1ccccc1C(=O)NC(C(=O)Nc1nnc(-c2ccc(C)cc2)s1)C(C)C. The van der Waals surface area contributed by atoms with Gasteiger partial charge in [0.2, 0.25) is 11.0 Å². The summed E-state index contributed by atoms with van der Waals surface area (Å²) in [5, 5.41) is 14.9. The number of benzene rings is 2. The summed E-state index contributed by atoms with van der Waals surface area (Å²) >= 11 is 1.28. The molecule has 0 aliphatic heterocycles. The second-order valence-corrected chi connectivity index (χ2v) is 8.14. The number of aromatic nitrogens is 2. The van der Waals surface area contributed by atoms with Gasteiger partial charge in [-0.2, -0.15) is 0 Å². The molecule has 1 heterocycles. The highest BCUT2D eigenvalue weighted by Crippen LogP contribution is 2.27. The van der Waals surface area contributed by atoms with Gasteiger partial charge in [-0.15, -0.1) is 10.2 Å². The van der Waals surface area contributed by atoms with Crippen LogP contribution in [-0.2, 0) is 4.79 Å². The smallest absolute Gasteiger partial charge is 0.255 e. The summed E-state index contributed by atoms with van der Waals surface area (Å²) in [6.07, 6.45) is 0. The average molecular weight is 425 g/mol. The van der Waals surface area contributed by atoms with E-state index in [1.54, 1.807) is 24.3 Å². The summed E-state index contributed by atoms with van der Waals surface area (Å²) in [4.78, 5) is 25.6. The third kappa shape index (κ3) is 5.01. The Labute approximate surface area is 179 Å². The largest absolute Gasteiger partial charge is 0.496 e. The maximum atomic E-state index is 12.8. The van der Waals surface area contributed by atoms with Crippen molar-refractivity contribution in [2.75, 3.05) is 12.4 Å². The predicted octanol–water partition coefficient (Wildman–Crippen LogP) is 3.92. The standard InChI is InChI=1S/C22H24N4O3S/c1-13(2)18(23-19(27)16-7-5-6-8-17(16)29-4)20(28)24-22-26-25-21(30-22)15-11-9-14(3)10-12-15/h5-13,18H,1-4H3,(H,23,27)(H,24,26,28). The Bertz CT molecular complexity index is 1030. The van der Waals surface area contributed by atoms with E-state index in [1.165, 1.54) is 18.4 Å². The molecule has 0 aliphatic rings. The minimum absolute atomic E-state index is 0.131. The molecule has 30 heavy (non-hydrogen) atoms. The lowest BCUT2D eigenvalue weighted by atomic mass is 10.0. The molecule has 0 saturated carbocycles. The van der Waals surface area contributed by atoms with Crippen LogP contribution in [0.25, 0.3) is 10.6 Å². The van der Waals surface area contributed by atoms with Crippen LogP contribution >= 0.6 is 11.3 Å². The second-order valence-electron chi connectivity index (χ2n) is 7.16. The first kappa shape index (κ1) is 21.4. The Morgan fingerprint density at radius 3 is 2.40 bits per heavy atom.